The first-order chi connectivity index (χ1) is 10.9. The van der Waals surface area contributed by atoms with Gasteiger partial charge in [-0.2, -0.15) is 0 Å². The second-order valence-electron chi connectivity index (χ2n) is 4.97. The predicted molar refractivity (Wildman–Crippen MR) is 87.4 cm³/mol. The predicted octanol–water partition coefficient (Wildman–Crippen LogP) is 3.16. The molecule has 0 aliphatic heterocycles. The number of esters is 1. The van der Waals surface area contributed by atoms with Crippen LogP contribution < -0.4 is 5.32 Å². The number of phenolic OH excluding ortho intramolecular Hbond substituents is 1. The van der Waals surface area contributed by atoms with E-state index >= 15 is 0 Å². The number of rotatable bonds is 5. The van der Waals surface area contributed by atoms with E-state index in [2.05, 4.69) is 5.32 Å². The Kier molecular flexibility index (Phi) is 5.60. The summed E-state index contributed by atoms with van der Waals surface area (Å²) in [5.41, 5.74) is 1.26. The molecule has 1 atom stereocenters. The normalized spacial score (nSPS) is 11.6. The van der Waals surface area contributed by atoms with Crippen molar-refractivity contribution in [2.75, 3.05) is 5.32 Å². The monoisotopic (exact) mass is 333 g/mol. The van der Waals surface area contributed by atoms with Crippen molar-refractivity contribution in [3.8, 4) is 5.75 Å². The number of ether oxygens (including phenoxy) is 1. The minimum absolute atomic E-state index is 0.0266. The maximum absolute atomic E-state index is 12.0. The summed E-state index contributed by atoms with van der Waals surface area (Å²) in [5.74, 6) is -0.821. The lowest BCUT2D eigenvalue weighted by atomic mass is 10.1. The van der Waals surface area contributed by atoms with Crippen molar-refractivity contribution >= 4 is 29.2 Å². The molecule has 0 heterocycles. The number of hydrogen-bond donors (Lipinski definition) is 2. The first-order valence-electron chi connectivity index (χ1n) is 6.98. The van der Waals surface area contributed by atoms with Crippen LogP contribution in [0.15, 0.2) is 48.5 Å². The Morgan fingerprint density at radius 3 is 2.35 bits per heavy atom. The van der Waals surface area contributed by atoms with Crippen LogP contribution in [0, 0.1) is 0 Å². The molecular formula is C17H16ClNO4. The van der Waals surface area contributed by atoms with Crippen molar-refractivity contribution in [1.82, 2.24) is 0 Å². The van der Waals surface area contributed by atoms with Gasteiger partial charge in [0.05, 0.1) is 6.42 Å². The van der Waals surface area contributed by atoms with Crippen LogP contribution in [0.25, 0.3) is 0 Å². The highest BCUT2D eigenvalue weighted by Crippen LogP contribution is 2.14. The zero-order valence-corrected chi connectivity index (χ0v) is 13.2. The average molecular weight is 334 g/mol. The fourth-order valence-electron chi connectivity index (χ4n) is 1.85. The van der Waals surface area contributed by atoms with Gasteiger partial charge >= 0.3 is 5.97 Å². The fourth-order valence-corrected chi connectivity index (χ4v) is 1.98. The summed E-state index contributed by atoms with van der Waals surface area (Å²) >= 11 is 5.77. The molecule has 2 N–H and O–H groups in total. The summed E-state index contributed by atoms with van der Waals surface area (Å²) in [6.07, 6.45) is -0.894. The minimum Gasteiger partial charge on any atom is -0.508 e. The summed E-state index contributed by atoms with van der Waals surface area (Å²) in [7, 11) is 0. The number of carbonyl (C=O) groups is 2. The number of halogens is 1. The topological polar surface area (TPSA) is 75.6 Å². The number of hydrogen-bond acceptors (Lipinski definition) is 4. The van der Waals surface area contributed by atoms with Crippen molar-refractivity contribution in [2.45, 2.75) is 19.4 Å². The van der Waals surface area contributed by atoms with E-state index in [1.54, 1.807) is 36.4 Å². The van der Waals surface area contributed by atoms with E-state index in [0.29, 0.717) is 16.3 Å². The number of aromatic hydroxyl groups is 1. The molecule has 2 aromatic rings. The molecule has 120 valence electrons. The molecule has 2 rings (SSSR count). The molecule has 23 heavy (non-hydrogen) atoms. The zero-order valence-electron chi connectivity index (χ0n) is 12.5. The average Bonchev–Trinajstić information content (AvgIpc) is 2.51. The van der Waals surface area contributed by atoms with Crippen LogP contribution in [0.1, 0.15) is 12.5 Å². The Bertz CT molecular complexity index is 683. The van der Waals surface area contributed by atoms with E-state index in [9.17, 15) is 14.7 Å². The number of amides is 1. The van der Waals surface area contributed by atoms with Gasteiger partial charge < -0.3 is 15.2 Å². The highest BCUT2D eigenvalue weighted by Gasteiger charge is 2.18. The first-order valence-corrected chi connectivity index (χ1v) is 7.35. The minimum atomic E-state index is -0.921. The molecule has 0 saturated heterocycles. The van der Waals surface area contributed by atoms with E-state index in [1.165, 1.54) is 19.1 Å². The van der Waals surface area contributed by atoms with Gasteiger partial charge in [-0.25, -0.2) is 0 Å². The van der Waals surface area contributed by atoms with Crippen LogP contribution in [-0.4, -0.2) is 23.1 Å². The van der Waals surface area contributed by atoms with Crippen molar-refractivity contribution in [2.24, 2.45) is 0 Å². The van der Waals surface area contributed by atoms with Gasteiger partial charge in [0.2, 0.25) is 0 Å². The SMILES string of the molecule is C[C@H](OC(=O)Cc1ccc(O)cc1)C(=O)Nc1ccc(Cl)cc1. The molecule has 2 aromatic carbocycles. The van der Waals surface area contributed by atoms with Crippen molar-refractivity contribution < 1.29 is 19.4 Å². The standard InChI is InChI=1S/C17H16ClNO4/c1-11(17(22)19-14-6-4-13(18)5-7-14)23-16(21)10-12-2-8-15(20)9-3-12/h2-9,11,20H,10H2,1H3,(H,19,22)/t11-/m0/s1. The van der Waals surface area contributed by atoms with Crippen LogP contribution in [0.4, 0.5) is 5.69 Å². The van der Waals surface area contributed by atoms with E-state index in [1.807, 2.05) is 0 Å². The van der Waals surface area contributed by atoms with Gasteiger partial charge in [-0.05, 0) is 48.9 Å². The number of nitrogens with one attached hydrogen (secondary N) is 1. The van der Waals surface area contributed by atoms with Gasteiger partial charge in [-0.15, -0.1) is 0 Å². The smallest absolute Gasteiger partial charge is 0.311 e. The maximum Gasteiger partial charge on any atom is 0.311 e. The van der Waals surface area contributed by atoms with E-state index in [0.717, 1.165) is 0 Å². The van der Waals surface area contributed by atoms with E-state index in [4.69, 9.17) is 16.3 Å². The third-order valence-electron chi connectivity index (χ3n) is 3.07. The van der Waals surface area contributed by atoms with E-state index < -0.39 is 18.0 Å². The highest BCUT2D eigenvalue weighted by molar-refractivity contribution is 6.30. The number of phenols is 1. The van der Waals surface area contributed by atoms with Crippen molar-refractivity contribution in [3.63, 3.8) is 0 Å². The van der Waals surface area contributed by atoms with Crippen LogP contribution in [-0.2, 0) is 20.7 Å². The largest absolute Gasteiger partial charge is 0.508 e. The lowest BCUT2D eigenvalue weighted by Gasteiger charge is -2.13. The van der Waals surface area contributed by atoms with Gasteiger partial charge in [0.15, 0.2) is 6.10 Å². The molecule has 0 aliphatic carbocycles. The quantitative estimate of drug-likeness (QED) is 0.824. The Balaban J connectivity index is 1.86. The number of benzene rings is 2. The first kappa shape index (κ1) is 16.8. The molecule has 0 bridgehead atoms. The van der Waals surface area contributed by atoms with Crippen LogP contribution >= 0.6 is 11.6 Å². The highest BCUT2D eigenvalue weighted by atomic mass is 35.5. The van der Waals surface area contributed by atoms with Crippen molar-refractivity contribution in [3.05, 3.63) is 59.1 Å². The van der Waals surface area contributed by atoms with Crippen LogP contribution in [0.2, 0.25) is 5.02 Å². The Morgan fingerprint density at radius 2 is 1.74 bits per heavy atom. The summed E-state index contributed by atoms with van der Waals surface area (Å²) in [5, 5.41) is 12.4. The van der Waals surface area contributed by atoms with Gasteiger partial charge in [0.25, 0.3) is 5.91 Å². The Morgan fingerprint density at radius 1 is 1.13 bits per heavy atom. The van der Waals surface area contributed by atoms with Gasteiger partial charge in [-0.1, -0.05) is 23.7 Å². The van der Waals surface area contributed by atoms with Crippen LogP contribution in [0.3, 0.4) is 0 Å². The summed E-state index contributed by atoms with van der Waals surface area (Å²) in [4.78, 5) is 23.8. The lowest BCUT2D eigenvalue weighted by molar-refractivity contribution is -0.152. The number of anilines is 1. The molecule has 0 aliphatic rings. The second-order valence-corrected chi connectivity index (χ2v) is 5.41. The zero-order chi connectivity index (χ0) is 16.8. The lowest BCUT2D eigenvalue weighted by Crippen LogP contribution is -2.30. The molecule has 0 unspecified atom stereocenters. The van der Waals surface area contributed by atoms with Gasteiger partial charge in [-0.3, -0.25) is 9.59 Å². The number of carbonyl (C=O) groups excluding carboxylic acids is 2. The third-order valence-corrected chi connectivity index (χ3v) is 3.33. The molecule has 6 heteroatoms. The van der Waals surface area contributed by atoms with Crippen LogP contribution in [0.5, 0.6) is 5.75 Å². The molecule has 1 amide bonds. The molecular weight excluding hydrogens is 318 g/mol. The third kappa shape index (κ3) is 5.30. The molecule has 0 aromatic heterocycles. The summed E-state index contributed by atoms with van der Waals surface area (Å²) < 4.78 is 5.10. The molecule has 0 spiro atoms. The Hall–Kier alpha value is -2.53. The van der Waals surface area contributed by atoms with Gasteiger partial charge in [0.1, 0.15) is 5.75 Å². The van der Waals surface area contributed by atoms with Crippen molar-refractivity contribution in [1.29, 1.82) is 0 Å². The fraction of sp³-hybridized carbons (Fsp3) is 0.176. The summed E-state index contributed by atoms with van der Waals surface area (Å²) in [6.45, 7) is 1.50. The molecule has 5 nitrogen and oxygen atoms in total. The Labute approximate surface area is 138 Å². The molecule has 0 radical (unpaired) electrons. The molecule has 0 fully saturated rings. The summed E-state index contributed by atoms with van der Waals surface area (Å²) in [6, 6.07) is 12.8. The molecule has 0 saturated carbocycles. The maximum atomic E-state index is 12.0. The van der Waals surface area contributed by atoms with E-state index in [-0.39, 0.29) is 12.2 Å². The van der Waals surface area contributed by atoms with Gasteiger partial charge in [0, 0.05) is 10.7 Å². The second kappa shape index (κ2) is 7.65.